The molecule has 0 aliphatic heterocycles. The van der Waals surface area contributed by atoms with E-state index in [1.807, 2.05) is 36.4 Å². The number of hydrogen-bond donors (Lipinski definition) is 1. The quantitative estimate of drug-likeness (QED) is 0.690. The summed E-state index contributed by atoms with van der Waals surface area (Å²) >= 11 is 5.89. The van der Waals surface area contributed by atoms with Crippen molar-refractivity contribution in [2.75, 3.05) is 7.11 Å². The van der Waals surface area contributed by atoms with Crippen LogP contribution in [0.1, 0.15) is 31.4 Å². The number of benzene rings is 2. The van der Waals surface area contributed by atoms with Crippen LogP contribution in [0, 0.1) is 0 Å². The number of ether oxygens (including phenoxy) is 2. The van der Waals surface area contributed by atoms with Crippen LogP contribution in [0.15, 0.2) is 42.5 Å². The van der Waals surface area contributed by atoms with E-state index in [2.05, 4.69) is 25.2 Å². The van der Waals surface area contributed by atoms with Gasteiger partial charge < -0.3 is 14.8 Å². The van der Waals surface area contributed by atoms with Crippen molar-refractivity contribution in [1.29, 1.82) is 0 Å². The summed E-state index contributed by atoms with van der Waals surface area (Å²) in [5.74, 6) is 1.50. The molecule has 0 saturated carbocycles. The van der Waals surface area contributed by atoms with E-state index in [1.165, 1.54) is 5.56 Å². The highest BCUT2D eigenvalue weighted by Crippen LogP contribution is 2.29. The molecule has 0 spiro atoms. The van der Waals surface area contributed by atoms with E-state index in [0.717, 1.165) is 35.1 Å². The van der Waals surface area contributed by atoms with Crippen molar-refractivity contribution in [3.8, 4) is 11.5 Å². The normalized spacial score (nSPS) is 11.5. The lowest BCUT2D eigenvalue weighted by atomic mass is 10.1. The molecule has 3 nitrogen and oxygen atoms in total. The van der Waals surface area contributed by atoms with E-state index in [0.29, 0.717) is 12.6 Å². The summed E-state index contributed by atoms with van der Waals surface area (Å²) in [7, 11) is 1.66. The van der Waals surface area contributed by atoms with E-state index >= 15 is 0 Å². The standard InChI is InChI=1S/C19H24ClNO2.ClH/c1-4-14(2)21-12-16-7-10-18(19(11-16)22-3)23-13-15-5-8-17(20)9-6-15;/h5-11,14,21H,4,12-13H2,1-3H3;1H. The average Bonchev–Trinajstić information content (AvgIpc) is 2.59. The molecule has 0 fully saturated rings. The van der Waals surface area contributed by atoms with Crippen LogP contribution < -0.4 is 14.8 Å². The van der Waals surface area contributed by atoms with Gasteiger partial charge in [-0.3, -0.25) is 0 Å². The predicted molar refractivity (Wildman–Crippen MR) is 103 cm³/mol. The molecular weight excluding hydrogens is 345 g/mol. The van der Waals surface area contributed by atoms with Crippen LogP contribution in [0.25, 0.3) is 0 Å². The highest BCUT2D eigenvalue weighted by Gasteiger charge is 2.07. The van der Waals surface area contributed by atoms with Crippen LogP contribution in [-0.2, 0) is 13.2 Å². The lowest BCUT2D eigenvalue weighted by molar-refractivity contribution is 0.284. The molecule has 0 aliphatic carbocycles. The van der Waals surface area contributed by atoms with Gasteiger partial charge in [-0.05, 0) is 48.7 Å². The minimum Gasteiger partial charge on any atom is -0.493 e. The largest absolute Gasteiger partial charge is 0.493 e. The first kappa shape index (κ1) is 20.6. The number of hydrogen-bond acceptors (Lipinski definition) is 3. The Bertz CT molecular complexity index is 617. The van der Waals surface area contributed by atoms with Crippen LogP contribution >= 0.6 is 24.0 Å². The average molecular weight is 370 g/mol. The molecule has 2 aromatic carbocycles. The lowest BCUT2D eigenvalue weighted by Crippen LogP contribution is -2.24. The fourth-order valence-corrected chi connectivity index (χ4v) is 2.25. The molecule has 0 radical (unpaired) electrons. The minimum atomic E-state index is 0. The first-order chi connectivity index (χ1) is 11.1. The topological polar surface area (TPSA) is 30.5 Å². The summed E-state index contributed by atoms with van der Waals surface area (Å²) in [6.45, 7) is 5.66. The molecular formula is C19H25Cl2NO2. The predicted octanol–water partition coefficient (Wildman–Crippen LogP) is 5.24. The summed E-state index contributed by atoms with van der Waals surface area (Å²) in [6.07, 6.45) is 1.11. The maximum absolute atomic E-state index is 5.89. The Hall–Kier alpha value is -1.42. The first-order valence-electron chi connectivity index (χ1n) is 7.90. The molecule has 1 unspecified atom stereocenters. The van der Waals surface area contributed by atoms with Crippen LogP contribution in [0.5, 0.6) is 11.5 Å². The smallest absolute Gasteiger partial charge is 0.161 e. The Morgan fingerprint density at radius 1 is 1.04 bits per heavy atom. The van der Waals surface area contributed by atoms with Gasteiger partial charge in [-0.1, -0.05) is 36.7 Å². The second kappa shape index (κ2) is 10.4. The monoisotopic (exact) mass is 369 g/mol. The zero-order valence-electron chi connectivity index (χ0n) is 14.3. The molecule has 1 atom stereocenters. The molecule has 0 saturated heterocycles. The van der Waals surface area contributed by atoms with Crippen molar-refractivity contribution in [2.45, 2.75) is 39.5 Å². The summed E-state index contributed by atoms with van der Waals surface area (Å²) in [6, 6.07) is 14.2. The van der Waals surface area contributed by atoms with Gasteiger partial charge in [0.1, 0.15) is 6.61 Å². The molecule has 2 aromatic rings. The Kier molecular flexibility index (Phi) is 8.98. The Labute approximate surface area is 155 Å². The SMILES string of the molecule is CCC(C)NCc1ccc(OCc2ccc(Cl)cc2)c(OC)c1.Cl. The van der Waals surface area contributed by atoms with Crippen LogP contribution in [0.4, 0.5) is 0 Å². The van der Waals surface area contributed by atoms with Gasteiger partial charge in [-0.2, -0.15) is 0 Å². The third-order valence-corrected chi connectivity index (χ3v) is 4.05. The molecule has 0 aromatic heterocycles. The molecule has 0 heterocycles. The fraction of sp³-hybridized carbons (Fsp3) is 0.368. The van der Waals surface area contributed by atoms with Gasteiger partial charge in [0.05, 0.1) is 7.11 Å². The number of nitrogens with one attached hydrogen (secondary N) is 1. The Morgan fingerprint density at radius 3 is 2.33 bits per heavy atom. The maximum Gasteiger partial charge on any atom is 0.161 e. The maximum atomic E-state index is 5.89. The van der Waals surface area contributed by atoms with Gasteiger partial charge in [0.25, 0.3) is 0 Å². The van der Waals surface area contributed by atoms with Gasteiger partial charge in [0.2, 0.25) is 0 Å². The third kappa shape index (κ3) is 6.23. The van der Waals surface area contributed by atoms with Crippen molar-refractivity contribution >= 4 is 24.0 Å². The minimum absolute atomic E-state index is 0. The van der Waals surface area contributed by atoms with E-state index < -0.39 is 0 Å². The molecule has 24 heavy (non-hydrogen) atoms. The second-order valence-corrected chi connectivity index (χ2v) is 6.03. The van der Waals surface area contributed by atoms with E-state index in [1.54, 1.807) is 7.11 Å². The zero-order valence-corrected chi connectivity index (χ0v) is 15.9. The van der Waals surface area contributed by atoms with Crippen LogP contribution in [-0.4, -0.2) is 13.2 Å². The molecule has 2 rings (SSSR count). The highest BCUT2D eigenvalue weighted by molar-refractivity contribution is 6.30. The van der Waals surface area contributed by atoms with Crippen molar-refractivity contribution < 1.29 is 9.47 Å². The van der Waals surface area contributed by atoms with Crippen molar-refractivity contribution in [1.82, 2.24) is 5.32 Å². The number of halogens is 2. The van der Waals surface area contributed by atoms with Gasteiger partial charge in [-0.25, -0.2) is 0 Å². The first-order valence-corrected chi connectivity index (χ1v) is 8.27. The van der Waals surface area contributed by atoms with E-state index in [-0.39, 0.29) is 12.4 Å². The molecule has 0 aliphatic rings. The van der Waals surface area contributed by atoms with E-state index in [9.17, 15) is 0 Å². The van der Waals surface area contributed by atoms with Gasteiger partial charge in [0.15, 0.2) is 11.5 Å². The summed E-state index contributed by atoms with van der Waals surface area (Å²) < 4.78 is 11.3. The Morgan fingerprint density at radius 2 is 1.71 bits per heavy atom. The van der Waals surface area contributed by atoms with E-state index in [4.69, 9.17) is 21.1 Å². The van der Waals surface area contributed by atoms with Crippen molar-refractivity contribution in [3.63, 3.8) is 0 Å². The summed E-state index contributed by atoms with van der Waals surface area (Å²) in [5, 5.41) is 4.20. The lowest BCUT2D eigenvalue weighted by Gasteiger charge is -2.14. The third-order valence-electron chi connectivity index (χ3n) is 3.80. The fourth-order valence-electron chi connectivity index (χ4n) is 2.12. The summed E-state index contributed by atoms with van der Waals surface area (Å²) in [5.41, 5.74) is 2.25. The molecule has 1 N–H and O–H groups in total. The zero-order chi connectivity index (χ0) is 16.7. The van der Waals surface area contributed by atoms with Gasteiger partial charge in [0, 0.05) is 17.6 Å². The molecule has 5 heteroatoms. The van der Waals surface area contributed by atoms with Crippen molar-refractivity contribution in [3.05, 3.63) is 58.6 Å². The van der Waals surface area contributed by atoms with Crippen molar-refractivity contribution in [2.24, 2.45) is 0 Å². The second-order valence-electron chi connectivity index (χ2n) is 5.59. The van der Waals surface area contributed by atoms with Crippen LogP contribution in [0.2, 0.25) is 5.02 Å². The Balaban J connectivity index is 0.00000288. The van der Waals surface area contributed by atoms with Gasteiger partial charge >= 0.3 is 0 Å². The summed E-state index contributed by atoms with van der Waals surface area (Å²) in [4.78, 5) is 0. The molecule has 0 amide bonds. The van der Waals surface area contributed by atoms with Gasteiger partial charge in [-0.15, -0.1) is 12.4 Å². The molecule has 0 bridgehead atoms. The molecule has 132 valence electrons. The van der Waals surface area contributed by atoms with Crippen LogP contribution in [0.3, 0.4) is 0 Å². The number of rotatable bonds is 8. The highest BCUT2D eigenvalue weighted by atomic mass is 35.5. The number of methoxy groups -OCH3 is 1.